The average Bonchev–Trinajstić information content (AvgIpc) is 3.62. The van der Waals surface area contributed by atoms with Crippen molar-refractivity contribution >= 4 is 10.9 Å². The molecule has 3 heterocycles. The van der Waals surface area contributed by atoms with Crippen LogP contribution in [0.3, 0.4) is 0 Å². The maximum atomic E-state index is 13.7. The lowest BCUT2D eigenvalue weighted by Gasteiger charge is -2.30. The van der Waals surface area contributed by atoms with Gasteiger partial charge < -0.3 is 18.9 Å². The first-order valence-electron chi connectivity index (χ1n) is 12.8. The molecule has 202 valence electrons. The summed E-state index contributed by atoms with van der Waals surface area (Å²) in [5.41, 5.74) is 4.43. The Morgan fingerprint density at radius 3 is 2.56 bits per heavy atom. The molecule has 10 heteroatoms. The van der Waals surface area contributed by atoms with E-state index in [1.54, 1.807) is 25.2 Å². The number of tetrazole rings is 1. The van der Waals surface area contributed by atoms with E-state index in [0.29, 0.717) is 37.6 Å². The molecule has 0 radical (unpaired) electrons. The molecule has 3 aromatic heterocycles. The number of aromatic nitrogens is 5. The van der Waals surface area contributed by atoms with Crippen LogP contribution in [-0.4, -0.2) is 50.9 Å². The van der Waals surface area contributed by atoms with E-state index in [0.717, 1.165) is 39.1 Å². The number of nitrogens with one attached hydrogen (secondary N) is 1. The van der Waals surface area contributed by atoms with Crippen LogP contribution in [0.5, 0.6) is 5.75 Å². The summed E-state index contributed by atoms with van der Waals surface area (Å²) in [6, 6.07) is 17.1. The molecule has 0 saturated carbocycles. The van der Waals surface area contributed by atoms with Crippen LogP contribution in [-0.2, 0) is 24.4 Å². The molecule has 0 aliphatic heterocycles. The fourth-order valence-electron chi connectivity index (χ4n) is 4.75. The molecule has 0 aliphatic rings. The quantitative estimate of drug-likeness (QED) is 0.272. The second-order valence-corrected chi connectivity index (χ2v) is 9.57. The zero-order valence-corrected chi connectivity index (χ0v) is 22.5. The van der Waals surface area contributed by atoms with E-state index in [9.17, 15) is 4.79 Å². The largest absolute Gasteiger partial charge is 0.497 e. The number of hydrogen-bond donors (Lipinski definition) is 1. The van der Waals surface area contributed by atoms with Gasteiger partial charge in [-0.25, -0.2) is 4.68 Å². The summed E-state index contributed by atoms with van der Waals surface area (Å²) in [6.45, 7) is 5.88. The Kier molecular flexibility index (Phi) is 7.85. The zero-order chi connectivity index (χ0) is 27.4. The normalized spacial score (nSPS) is 12.3. The summed E-state index contributed by atoms with van der Waals surface area (Å²) in [6.07, 6.45) is 1.65. The second kappa shape index (κ2) is 11.6. The van der Waals surface area contributed by atoms with Gasteiger partial charge in [0.05, 0.1) is 33.1 Å². The van der Waals surface area contributed by atoms with Crippen LogP contribution in [0.4, 0.5) is 0 Å². The maximum Gasteiger partial charge on any atom is 0.253 e. The lowest BCUT2D eigenvalue weighted by Crippen LogP contribution is -2.35. The predicted molar refractivity (Wildman–Crippen MR) is 147 cm³/mol. The van der Waals surface area contributed by atoms with Gasteiger partial charge in [0.2, 0.25) is 0 Å². The van der Waals surface area contributed by atoms with E-state index in [1.807, 2.05) is 55.5 Å². The van der Waals surface area contributed by atoms with E-state index in [2.05, 4.69) is 38.4 Å². The summed E-state index contributed by atoms with van der Waals surface area (Å²) in [5, 5.41) is 13.6. The molecular formula is C29H32N6O4. The maximum absolute atomic E-state index is 13.7. The van der Waals surface area contributed by atoms with Gasteiger partial charge in [-0.1, -0.05) is 12.1 Å². The van der Waals surface area contributed by atoms with Gasteiger partial charge in [-0.05, 0) is 88.8 Å². The van der Waals surface area contributed by atoms with Crippen LogP contribution in [0.25, 0.3) is 10.9 Å². The minimum atomic E-state index is -0.584. The number of ether oxygens (including phenoxy) is 2. The molecule has 5 aromatic rings. The molecule has 0 saturated heterocycles. The Labute approximate surface area is 226 Å². The van der Waals surface area contributed by atoms with E-state index in [1.165, 1.54) is 0 Å². The lowest BCUT2D eigenvalue weighted by molar-refractivity contribution is 0.163. The van der Waals surface area contributed by atoms with Gasteiger partial charge in [0.25, 0.3) is 5.56 Å². The Morgan fingerprint density at radius 2 is 1.85 bits per heavy atom. The Bertz CT molecular complexity index is 1590. The van der Waals surface area contributed by atoms with Crippen LogP contribution in [0.15, 0.2) is 70.1 Å². The number of pyridine rings is 1. The fraction of sp³-hybridized carbons (Fsp3) is 0.310. The highest BCUT2D eigenvalue weighted by atomic mass is 16.5. The molecule has 39 heavy (non-hydrogen) atoms. The smallest absolute Gasteiger partial charge is 0.253 e. The molecule has 2 aromatic carbocycles. The lowest BCUT2D eigenvalue weighted by atomic mass is 10.00. The first-order chi connectivity index (χ1) is 19.0. The van der Waals surface area contributed by atoms with Crippen molar-refractivity contribution in [2.45, 2.75) is 39.5 Å². The van der Waals surface area contributed by atoms with Crippen molar-refractivity contribution in [1.82, 2.24) is 30.1 Å². The summed E-state index contributed by atoms with van der Waals surface area (Å²) in [7, 11) is 3.27. The molecule has 1 N–H and O–H groups in total. The molecule has 0 amide bonds. The van der Waals surface area contributed by atoms with Gasteiger partial charge in [-0.2, -0.15) is 0 Å². The SMILES string of the molecule is COCCn1nnnc1C(c1cc2cc(C)c(C)cc2[nH]c1=O)N(Cc1ccc(OC)cc1)Cc1ccco1. The van der Waals surface area contributed by atoms with Crippen molar-refractivity contribution in [3.05, 3.63) is 105 Å². The van der Waals surface area contributed by atoms with Crippen LogP contribution < -0.4 is 10.3 Å². The van der Waals surface area contributed by atoms with Gasteiger partial charge >= 0.3 is 0 Å². The minimum absolute atomic E-state index is 0.198. The Morgan fingerprint density at radius 1 is 1.05 bits per heavy atom. The number of benzene rings is 2. The van der Waals surface area contributed by atoms with Gasteiger partial charge in [0.1, 0.15) is 17.6 Å². The highest BCUT2D eigenvalue weighted by molar-refractivity contribution is 5.81. The van der Waals surface area contributed by atoms with Crippen molar-refractivity contribution in [3.8, 4) is 5.75 Å². The first kappa shape index (κ1) is 26.3. The van der Waals surface area contributed by atoms with Crippen molar-refractivity contribution in [1.29, 1.82) is 0 Å². The number of H-pyrrole nitrogens is 1. The molecule has 1 unspecified atom stereocenters. The number of nitrogens with zero attached hydrogens (tertiary/aromatic N) is 5. The monoisotopic (exact) mass is 528 g/mol. The average molecular weight is 529 g/mol. The van der Waals surface area contributed by atoms with Gasteiger partial charge in [0, 0.05) is 24.7 Å². The van der Waals surface area contributed by atoms with Crippen LogP contribution in [0.1, 0.15) is 39.9 Å². The fourth-order valence-corrected chi connectivity index (χ4v) is 4.75. The van der Waals surface area contributed by atoms with Crippen LogP contribution in [0.2, 0.25) is 0 Å². The third-order valence-electron chi connectivity index (χ3n) is 6.94. The summed E-state index contributed by atoms with van der Waals surface area (Å²) >= 11 is 0. The van der Waals surface area contributed by atoms with Crippen molar-refractivity contribution in [2.24, 2.45) is 0 Å². The van der Waals surface area contributed by atoms with E-state index in [-0.39, 0.29) is 5.56 Å². The molecule has 0 spiro atoms. The Hall–Kier alpha value is -4.28. The highest BCUT2D eigenvalue weighted by Gasteiger charge is 2.31. The minimum Gasteiger partial charge on any atom is -0.497 e. The van der Waals surface area contributed by atoms with Crippen LogP contribution in [0, 0.1) is 13.8 Å². The molecule has 0 bridgehead atoms. The summed E-state index contributed by atoms with van der Waals surface area (Å²) in [5.74, 6) is 2.07. The van der Waals surface area contributed by atoms with Gasteiger partial charge in [0.15, 0.2) is 5.82 Å². The van der Waals surface area contributed by atoms with Crippen molar-refractivity contribution in [3.63, 3.8) is 0 Å². The molecule has 10 nitrogen and oxygen atoms in total. The highest BCUT2D eigenvalue weighted by Crippen LogP contribution is 2.31. The van der Waals surface area contributed by atoms with E-state index >= 15 is 0 Å². The number of furan rings is 1. The van der Waals surface area contributed by atoms with E-state index < -0.39 is 6.04 Å². The van der Waals surface area contributed by atoms with Gasteiger partial charge in [-0.15, -0.1) is 5.10 Å². The molecule has 0 aliphatic carbocycles. The number of hydrogen-bond acceptors (Lipinski definition) is 8. The second-order valence-electron chi connectivity index (χ2n) is 9.57. The molecule has 1 atom stereocenters. The number of rotatable bonds is 11. The number of aromatic amines is 1. The summed E-state index contributed by atoms with van der Waals surface area (Å²) < 4.78 is 18.1. The predicted octanol–water partition coefficient (Wildman–Crippen LogP) is 4.17. The van der Waals surface area contributed by atoms with E-state index in [4.69, 9.17) is 13.9 Å². The standard InChI is InChI=1S/C29H32N6O4/c1-19-14-22-16-25(29(36)30-26(22)15-20(19)2)27(28-31-32-33-35(28)11-13-37-3)34(18-24-6-5-12-39-24)17-21-7-9-23(38-4)10-8-21/h5-10,12,14-16,27H,11,13,17-18H2,1-4H3,(H,30,36). The summed E-state index contributed by atoms with van der Waals surface area (Å²) in [4.78, 5) is 19.0. The van der Waals surface area contributed by atoms with Crippen LogP contribution >= 0.6 is 0 Å². The third-order valence-corrected chi connectivity index (χ3v) is 6.94. The van der Waals surface area contributed by atoms with Crippen molar-refractivity contribution in [2.75, 3.05) is 20.8 Å². The molecule has 5 rings (SSSR count). The molecular weight excluding hydrogens is 496 g/mol. The number of aryl methyl sites for hydroxylation is 2. The van der Waals surface area contributed by atoms with Gasteiger partial charge in [-0.3, -0.25) is 9.69 Å². The zero-order valence-electron chi connectivity index (χ0n) is 22.5. The first-order valence-corrected chi connectivity index (χ1v) is 12.8. The van der Waals surface area contributed by atoms with Crippen molar-refractivity contribution < 1.29 is 13.9 Å². The number of methoxy groups -OCH3 is 2. The molecule has 0 fully saturated rings. The topological polar surface area (TPSA) is 111 Å². The Balaban J connectivity index is 1.68. The third kappa shape index (κ3) is 5.76. The number of fused-ring (bicyclic) bond motifs is 1.